The highest BCUT2D eigenvalue weighted by Crippen LogP contribution is 2.75. The Morgan fingerprint density at radius 1 is 0.808 bits per heavy atom. The van der Waals surface area contributed by atoms with E-state index in [1.54, 1.807) is 11.1 Å². The lowest BCUT2D eigenvalue weighted by Gasteiger charge is -2.48. The van der Waals surface area contributed by atoms with Gasteiger partial charge in [0.05, 0.1) is 22.9 Å². The van der Waals surface area contributed by atoms with Crippen LogP contribution in [0.5, 0.6) is 0 Å². The largest absolute Gasteiger partial charge is 0.252 e. The molecule has 3 aromatic rings. The molecule has 3 bridgehead atoms. The van der Waals surface area contributed by atoms with Crippen LogP contribution in [0.3, 0.4) is 0 Å². The van der Waals surface area contributed by atoms with Gasteiger partial charge in [0.15, 0.2) is 0 Å². The monoisotopic (exact) mass is 338 g/mol. The van der Waals surface area contributed by atoms with Crippen molar-refractivity contribution >= 4 is 11.0 Å². The number of aromatic nitrogens is 2. The number of nitrogens with zero attached hydrogens (tertiary/aromatic N) is 2. The van der Waals surface area contributed by atoms with Crippen LogP contribution in [-0.2, 0) is 0 Å². The first-order valence-corrected chi connectivity index (χ1v) is 10.2. The van der Waals surface area contributed by atoms with E-state index in [4.69, 9.17) is 9.97 Å². The molecule has 5 unspecified atom stereocenters. The fraction of sp³-hybridized carbons (Fsp3) is 0.417. The van der Waals surface area contributed by atoms with Crippen molar-refractivity contribution in [1.82, 2.24) is 9.97 Å². The number of benzene rings is 2. The Labute approximate surface area is 153 Å². The second-order valence-electron chi connectivity index (χ2n) is 9.23. The minimum Gasteiger partial charge on any atom is -0.252 e. The Morgan fingerprint density at radius 3 is 2.23 bits per heavy atom. The summed E-state index contributed by atoms with van der Waals surface area (Å²) in [4.78, 5) is 9.80. The van der Waals surface area contributed by atoms with Crippen LogP contribution in [-0.4, -0.2) is 9.97 Å². The molecule has 3 fully saturated rings. The Kier molecular flexibility index (Phi) is 2.43. The van der Waals surface area contributed by atoms with E-state index in [9.17, 15) is 0 Å². The van der Waals surface area contributed by atoms with Gasteiger partial charge in [0, 0.05) is 5.56 Å². The number of rotatable bonds is 1. The molecule has 0 saturated heterocycles. The minimum atomic E-state index is 0.719. The van der Waals surface area contributed by atoms with Gasteiger partial charge in [-0.2, -0.15) is 0 Å². The van der Waals surface area contributed by atoms with E-state index in [-0.39, 0.29) is 0 Å². The van der Waals surface area contributed by atoms with E-state index in [2.05, 4.69) is 36.4 Å². The molecule has 128 valence electrons. The van der Waals surface area contributed by atoms with Crippen LogP contribution in [0.2, 0.25) is 0 Å². The predicted molar refractivity (Wildman–Crippen MR) is 103 cm³/mol. The van der Waals surface area contributed by atoms with Gasteiger partial charge < -0.3 is 0 Å². The van der Waals surface area contributed by atoms with Crippen molar-refractivity contribution in [3.63, 3.8) is 0 Å². The molecule has 4 aliphatic rings. The van der Waals surface area contributed by atoms with Crippen molar-refractivity contribution in [3.05, 3.63) is 59.8 Å². The summed E-state index contributed by atoms with van der Waals surface area (Å²) in [5.41, 5.74) is 8.25. The number of hydrogen-bond donors (Lipinski definition) is 0. The maximum absolute atomic E-state index is 4.99. The molecule has 2 aromatic carbocycles. The average molecular weight is 338 g/mol. The standard InChI is InChI=1S/C24H22N2/c1-2-4-14(5-3-1)23-13-25-21-9-19-15-6-17-8-18-7-16(12-24(17,18)11-15)20(19)10-22(21)26-23/h1-5,9-10,13,15-18H,6-8,11-12H2. The molecule has 26 heavy (non-hydrogen) atoms. The summed E-state index contributed by atoms with van der Waals surface area (Å²) in [5.74, 6) is 3.60. The van der Waals surface area contributed by atoms with Gasteiger partial charge in [0.25, 0.3) is 0 Å². The van der Waals surface area contributed by atoms with E-state index < -0.39 is 0 Å². The van der Waals surface area contributed by atoms with Crippen LogP contribution in [0.4, 0.5) is 0 Å². The lowest BCUT2D eigenvalue weighted by Crippen LogP contribution is -2.41. The van der Waals surface area contributed by atoms with E-state index >= 15 is 0 Å². The Hall–Kier alpha value is -2.22. The Bertz CT molecular complexity index is 1060. The summed E-state index contributed by atoms with van der Waals surface area (Å²) in [6.45, 7) is 0. The van der Waals surface area contributed by atoms with Gasteiger partial charge in [-0.05, 0) is 84.5 Å². The molecule has 0 amide bonds. The van der Waals surface area contributed by atoms with Crippen molar-refractivity contribution in [2.75, 3.05) is 0 Å². The Morgan fingerprint density at radius 2 is 1.50 bits per heavy atom. The fourth-order valence-electron chi connectivity index (χ4n) is 7.19. The zero-order valence-electron chi connectivity index (χ0n) is 14.9. The van der Waals surface area contributed by atoms with Crippen LogP contribution in [0, 0.1) is 17.3 Å². The van der Waals surface area contributed by atoms with Gasteiger partial charge in [0.1, 0.15) is 0 Å². The first kappa shape index (κ1) is 13.9. The molecule has 1 heterocycles. The van der Waals surface area contributed by atoms with E-state index in [1.165, 1.54) is 32.1 Å². The SMILES string of the molecule is c1ccc(-c2cnc3cc4c(cc3n2)C2CC3CC5CC4CC53C2)cc1. The van der Waals surface area contributed by atoms with Gasteiger partial charge >= 0.3 is 0 Å². The smallest absolute Gasteiger partial charge is 0.0897 e. The highest BCUT2D eigenvalue weighted by molar-refractivity contribution is 5.79. The topological polar surface area (TPSA) is 25.8 Å². The zero-order valence-corrected chi connectivity index (χ0v) is 14.9. The molecular weight excluding hydrogens is 316 g/mol. The molecule has 0 aliphatic heterocycles. The van der Waals surface area contributed by atoms with Crippen molar-refractivity contribution in [3.8, 4) is 11.3 Å². The molecule has 2 heteroatoms. The fourth-order valence-corrected chi connectivity index (χ4v) is 7.19. The van der Waals surface area contributed by atoms with Crippen molar-refractivity contribution in [1.29, 1.82) is 0 Å². The lowest BCUT2D eigenvalue weighted by molar-refractivity contribution is 0.00322. The third-order valence-corrected chi connectivity index (χ3v) is 8.28. The number of hydrogen-bond acceptors (Lipinski definition) is 2. The maximum Gasteiger partial charge on any atom is 0.0897 e. The highest BCUT2D eigenvalue weighted by atomic mass is 14.8. The first-order valence-electron chi connectivity index (χ1n) is 10.2. The van der Waals surface area contributed by atoms with E-state index in [0.29, 0.717) is 0 Å². The summed E-state index contributed by atoms with van der Waals surface area (Å²) < 4.78 is 0. The van der Waals surface area contributed by atoms with Gasteiger partial charge in [-0.1, -0.05) is 30.3 Å². The van der Waals surface area contributed by atoms with Crippen molar-refractivity contribution < 1.29 is 0 Å². The highest BCUT2D eigenvalue weighted by Gasteiger charge is 2.65. The summed E-state index contributed by atoms with van der Waals surface area (Å²) in [7, 11) is 0. The molecule has 0 radical (unpaired) electrons. The lowest BCUT2D eigenvalue weighted by atomic mass is 9.56. The van der Waals surface area contributed by atoms with Crippen molar-refractivity contribution in [2.45, 2.75) is 43.9 Å². The van der Waals surface area contributed by atoms with E-state index in [0.717, 1.165) is 51.4 Å². The third kappa shape index (κ3) is 1.60. The summed E-state index contributed by atoms with van der Waals surface area (Å²) in [6, 6.07) is 15.2. The van der Waals surface area contributed by atoms with Crippen LogP contribution in [0.15, 0.2) is 48.7 Å². The maximum atomic E-state index is 4.99. The van der Waals surface area contributed by atoms with Crippen LogP contribution in [0.25, 0.3) is 22.3 Å². The van der Waals surface area contributed by atoms with Gasteiger partial charge in [0.2, 0.25) is 0 Å². The number of fused-ring (bicyclic) bond motifs is 6. The van der Waals surface area contributed by atoms with Crippen LogP contribution in [0.1, 0.15) is 55.1 Å². The molecule has 1 aromatic heterocycles. The molecule has 1 spiro atoms. The second-order valence-corrected chi connectivity index (χ2v) is 9.23. The second kappa shape index (κ2) is 4.54. The summed E-state index contributed by atoms with van der Waals surface area (Å²) in [6.07, 6.45) is 9.20. The van der Waals surface area contributed by atoms with Crippen molar-refractivity contribution in [2.24, 2.45) is 17.3 Å². The molecule has 3 saturated carbocycles. The molecule has 5 atom stereocenters. The summed E-state index contributed by atoms with van der Waals surface area (Å²) in [5, 5.41) is 0. The summed E-state index contributed by atoms with van der Waals surface area (Å²) >= 11 is 0. The Balaban J connectivity index is 1.42. The first-order chi connectivity index (χ1) is 12.8. The molecule has 7 rings (SSSR count). The third-order valence-electron chi connectivity index (χ3n) is 8.28. The van der Waals surface area contributed by atoms with Gasteiger partial charge in [-0.15, -0.1) is 0 Å². The molecule has 0 N–H and O–H groups in total. The normalized spacial score (nSPS) is 35.8. The zero-order chi connectivity index (χ0) is 16.9. The van der Waals surface area contributed by atoms with Gasteiger partial charge in [-0.25, -0.2) is 4.98 Å². The van der Waals surface area contributed by atoms with E-state index in [1.807, 2.05) is 12.3 Å². The van der Waals surface area contributed by atoms with Crippen LogP contribution >= 0.6 is 0 Å². The van der Waals surface area contributed by atoms with Gasteiger partial charge in [-0.3, -0.25) is 4.98 Å². The minimum absolute atomic E-state index is 0.719. The quantitative estimate of drug-likeness (QED) is 0.570. The molecule has 4 aliphatic carbocycles. The average Bonchev–Trinajstić information content (AvgIpc) is 3.11. The van der Waals surface area contributed by atoms with Crippen LogP contribution < -0.4 is 0 Å². The molecule has 2 nitrogen and oxygen atoms in total. The molecular formula is C24H22N2. The predicted octanol–water partition coefficient (Wildman–Crippen LogP) is 5.69.